The Hall–Kier alpha value is -1.11. The number of ether oxygens (including phenoxy) is 1. The predicted octanol–water partition coefficient (Wildman–Crippen LogP) is 1.75. The largest absolute Gasteiger partial charge is 0.496 e. The molecule has 1 aromatic carbocycles. The fraction of sp³-hybridized carbons (Fsp3) is 0.571. The molecular weight excluding hydrogens is 276 g/mol. The summed E-state index contributed by atoms with van der Waals surface area (Å²) in [6.45, 7) is 6.59. The zero-order chi connectivity index (χ0) is 15.3. The minimum absolute atomic E-state index is 0.184. The molecule has 5 nitrogen and oxygen atoms in total. The molecule has 0 atom stereocenters. The highest BCUT2D eigenvalue weighted by Gasteiger charge is 2.20. The van der Waals surface area contributed by atoms with Crippen molar-refractivity contribution < 1.29 is 13.2 Å². The minimum atomic E-state index is -3.51. The first-order valence-electron chi connectivity index (χ1n) is 6.71. The average molecular weight is 300 g/mol. The van der Waals surface area contributed by atoms with Crippen molar-refractivity contribution in [1.82, 2.24) is 4.72 Å². The second-order valence-electron chi connectivity index (χ2n) is 5.05. The monoisotopic (exact) mass is 300 g/mol. The van der Waals surface area contributed by atoms with Crippen molar-refractivity contribution in [3.63, 3.8) is 0 Å². The lowest BCUT2D eigenvalue weighted by Gasteiger charge is -2.16. The van der Waals surface area contributed by atoms with Crippen LogP contribution in [0.2, 0.25) is 0 Å². The molecule has 0 aliphatic rings. The van der Waals surface area contributed by atoms with E-state index < -0.39 is 10.0 Å². The van der Waals surface area contributed by atoms with Crippen LogP contribution in [0.1, 0.15) is 37.3 Å². The second kappa shape index (κ2) is 7.06. The quantitative estimate of drug-likeness (QED) is 0.752. The van der Waals surface area contributed by atoms with Crippen LogP contribution in [0.4, 0.5) is 0 Å². The van der Waals surface area contributed by atoms with E-state index >= 15 is 0 Å². The molecule has 6 heteroatoms. The third-order valence-corrected chi connectivity index (χ3v) is 4.71. The average Bonchev–Trinajstić information content (AvgIpc) is 2.37. The van der Waals surface area contributed by atoms with E-state index in [1.54, 1.807) is 26.2 Å². The molecule has 0 radical (unpaired) electrons. The van der Waals surface area contributed by atoms with Crippen LogP contribution in [0.15, 0.2) is 17.0 Å². The van der Waals surface area contributed by atoms with Gasteiger partial charge in [0, 0.05) is 6.54 Å². The summed E-state index contributed by atoms with van der Waals surface area (Å²) in [6.07, 6.45) is 0.617. The van der Waals surface area contributed by atoms with Gasteiger partial charge >= 0.3 is 0 Å². The van der Waals surface area contributed by atoms with Crippen LogP contribution in [-0.4, -0.2) is 28.6 Å². The maximum Gasteiger partial charge on any atom is 0.240 e. The summed E-state index contributed by atoms with van der Waals surface area (Å²) in [6, 6.07) is 3.47. The summed E-state index contributed by atoms with van der Waals surface area (Å²) in [5.41, 5.74) is 6.94. The molecule has 0 spiro atoms. The molecule has 20 heavy (non-hydrogen) atoms. The lowest BCUT2D eigenvalue weighted by molar-refractivity contribution is 0.406. The van der Waals surface area contributed by atoms with Crippen LogP contribution in [0.25, 0.3) is 0 Å². The van der Waals surface area contributed by atoms with Gasteiger partial charge in [-0.25, -0.2) is 13.1 Å². The maximum atomic E-state index is 12.3. The summed E-state index contributed by atoms with van der Waals surface area (Å²) in [7, 11) is -1.91. The minimum Gasteiger partial charge on any atom is -0.496 e. The Labute approximate surface area is 121 Å². The summed E-state index contributed by atoms with van der Waals surface area (Å²) in [4.78, 5) is 0.305. The molecule has 0 aliphatic heterocycles. The molecule has 0 heterocycles. The SMILES string of the molecule is COc1cc(C)c(S(=O)(=O)NCCCN)cc1C(C)C. The molecule has 1 rings (SSSR count). The fourth-order valence-corrected chi connectivity index (χ4v) is 3.31. The van der Waals surface area contributed by atoms with E-state index in [0.717, 1.165) is 11.3 Å². The molecule has 0 aromatic heterocycles. The van der Waals surface area contributed by atoms with E-state index in [-0.39, 0.29) is 5.92 Å². The van der Waals surface area contributed by atoms with Gasteiger partial charge in [-0.2, -0.15) is 0 Å². The highest BCUT2D eigenvalue weighted by Crippen LogP contribution is 2.31. The van der Waals surface area contributed by atoms with Gasteiger partial charge in [0.15, 0.2) is 0 Å². The van der Waals surface area contributed by atoms with Gasteiger partial charge in [-0.05, 0) is 49.1 Å². The zero-order valence-electron chi connectivity index (χ0n) is 12.6. The molecule has 0 aliphatic carbocycles. The Bertz CT molecular complexity index is 554. The molecule has 114 valence electrons. The van der Waals surface area contributed by atoms with Gasteiger partial charge < -0.3 is 10.5 Å². The van der Waals surface area contributed by atoms with Gasteiger partial charge in [-0.15, -0.1) is 0 Å². The van der Waals surface area contributed by atoms with E-state index in [1.165, 1.54) is 0 Å². The van der Waals surface area contributed by atoms with Gasteiger partial charge in [0.05, 0.1) is 12.0 Å². The second-order valence-corrected chi connectivity index (χ2v) is 6.79. The normalized spacial score (nSPS) is 11.9. The summed E-state index contributed by atoms with van der Waals surface area (Å²) in [5, 5.41) is 0. The van der Waals surface area contributed by atoms with Crippen molar-refractivity contribution in [2.24, 2.45) is 5.73 Å². The highest BCUT2D eigenvalue weighted by atomic mass is 32.2. The Balaban J connectivity index is 3.21. The summed E-state index contributed by atoms with van der Waals surface area (Å²) >= 11 is 0. The number of hydrogen-bond donors (Lipinski definition) is 2. The molecule has 0 fully saturated rings. The number of nitrogens with two attached hydrogens (primary N) is 1. The van der Waals surface area contributed by atoms with Crippen LogP contribution >= 0.6 is 0 Å². The Morgan fingerprint density at radius 3 is 2.50 bits per heavy atom. The number of rotatable bonds is 7. The fourth-order valence-electron chi connectivity index (χ4n) is 1.98. The third kappa shape index (κ3) is 3.94. The summed E-state index contributed by atoms with van der Waals surface area (Å²) < 4.78 is 32.5. The number of nitrogens with one attached hydrogen (secondary N) is 1. The number of hydrogen-bond acceptors (Lipinski definition) is 4. The van der Waals surface area contributed by atoms with Crippen molar-refractivity contribution in [3.8, 4) is 5.75 Å². The summed E-state index contributed by atoms with van der Waals surface area (Å²) in [5.74, 6) is 0.905. The van der Waals surface area contributed by atoms with E-state index in [1.807, 2.05) is 13.8 Å². The lowest BCUT2D eigenvalue weighted by atomic mass is 10.0. The zero-order valence-corrected chi connectivity index (χ0v) is 13.4. The number of methoxy groups -OCH3 is 1. The molecule has 0 amide bonds. The van der Waals surface area contributed by atoms with Gasteiger partial charge in [-0.3, -0.25) is 0 Å². The molecule has 0 saturated carbocycles. The topological polar surface area (TPSA) is 81.4 Å². The van der Waals surface area contributed by atoms with Gasteiger partial charge in [0.1, 0.15) is 5.75 Å². The standard InChI is InChI=1S/C14H24N2O3S/c1-10(2)12-9-14(11(3)8-13(12)19-4)20(17,18)16-7-5-6-15/h8-10,16H,5-7,15H2,1-4H3. The number of benzene rings is 1. The first-order chi connectivity index (χ1) is 9.33. The smallest absolute Gasteiger partial charge is 0.240 e. The third-order valence-electron chi connectivity index (χ3n) is 3.11. The van der Waals surface area contributed by atoms with E-state index in [9.17, 15) is 8.42 Å². The lowest BCUT2D eigenvalue weighted by Crippen LogP contribution is -2.27. The van der Waals surface area contributed by atoms with Crippen LogP contribution in [-0.2, 0) is 10.0 Å². The van der Waals surface area contributed by atoms with Crippen molar-refractivity contribution in [2.45, 2.75) is 38.0 Å². The highest BCUT2D eigenvalue weighted by molar-refractivity contribution is 7.89. The molecule has 3 N–H and O–H groups in total. The first-order valence-corrected chi connectivity index (χ1v) is 8.20. The van der Waals surface area contributed by atoms with Crippen molar-refractivity contribution in [1.29, 1.82) is 0 Å². The predicted molar refractivity (Wildman–Crippen MR) is 80.7 cm³/mol. The van der Waals surface area contributed by atoms with Crippen molar-refractivity contribution in [2.75, 3.05) is 20.2 Å². The van der Waals surface area contributed by atoms with Crippen molar-refractivity contribution in [3.05, 3.63) is 23.3 Å². The molecule has 0 unspecified atom stereocenters. The first kappa shape index (κ1) is 16.9. The van der Waals surface area contributed by atoms with E-state index in [2.05, 4.69) is 4.72 Å². The molecule has 1 aromatic rings. The van der Waals surface area contributed by atoms with Crippen LogP contribution in [0.3, 0.4) is 0 Å². The Morgan fingerprint density at radius 1 is 1.35 bits per heavy atom. The van der Waals surface area contributed by atoms with Crippen LogP contribution in [0.5, 0.6) is 5.75 Å². The molecule has 0 saturated heterocycles. The van der Waals surface area contributed by atoms with Crippen LogP contribution < -0.4 is 15.2 Å². The Kier molecular flexibility index (Phi) is 5.98. The number of sulfonamides is 1. The maximum absolute atomic E-state index is 12.3. The van der Waals surface area contributed by atoms with Crippen LogP contribution in [0, 0.1) is 6.92 Å². The van der Waals surface area contributed by atoms with Gasteiger partial charge in [-0.1, -0.05) is 13.8 Å². The number of aryl methyl sites for hydroxylation is 1. The van der Waals surface area contributed by atoms with Gasteiger partial charge in [0.2, 0.25) is 10.0 Å². The van der Waals surface area contributed by atoms with E-state index in [4.69, 9.17) is 10.5 Å². The molecule has 0 bridgehead atoms. The Morgan fingerprint density at radius 2 is 2.00 bits per heavy atom. The van der Waals surface area contributed by atoms with Crippen molar-refractivity contribution >= 4 is 10.0 Å². The van der Waals surface area contributed by atoms with E-state index in [0.29, 0.717) is 30.0 Å². The molecular formula is C14H24N2O3S. The van der Waals surface area contributed by atoms with Gasteiger partial charge in [0.25, 0.3) is 0 Å².